The summed E-state index contributed by atoms with van der Waals surface area (Å²) in [5, 5.41) is 7.91. The zero-order valence-electron chi connectivity index (χ0n) is 17.0. The Kier molecular flexibility index (Phi) is 5.38. The van der Waals surface area contributed by atoms with E-state index < -0.39 is 5.91 Å². The summed E-state index contributed by atoms with van der Waals surface area (Å²) in [5.74, 6) is 0.304. The Bertz CT molecular complexity index is 1230. The van der Waals surface area contributed by atoms with Crippen molar-refractivity contribution in [3.8, 4) is 17.1 Å². The van der Waals surface area contributed by atoms with Gasteiger partial charge in [-0.3, -0.25) is 4.79 Å². The molecule has 0 aliphatic carbocycles. The number of amides is 1. The second-order valence-corrected chi connectivity index (χ2v) is 7.73. The number of carbonyl (C=O) groups is 1. The standard InChI is InChI=1S/C24H21ClN4O/c1-15-7-10-18(11-8-15)23-27-22(24(30)26-20-6-4-5-19(25)14-20)28-29(23)21-12-9-16(2)13-17(21)3/h4-14H,1-3H3,(H,26,30). The van der Waals surface area contributed by atoms with E-state index in [0.29, 0.717) is 16.5 Å². The minimum absolute atomic E-state index is 0.0884. The molecule has 3 aromatic carbocycles. The lowest BCUT2D eigenvalue weighted by Crippen LogP contribution is -2.14. The first-order valence-corrected chi connectivity index (χ1v) is 9.97. The number of anilines is 1. The number of halogens is 1. The van der Waals surface area contributed by atoms with Crippen molar-refractivity contribution in [1.82, 2.24) is 14.8 Å². The third-order valence-corrected chi connectivity index (χ3v) is 5.02. The lowest BCUT2D eigenvalue weighted by Gasteiger charge is -2.10. The smallest absolute Gasteiger partial charge is 0.295 e. The van der Waals surface area contributed by atoms with Gasteiger partial charge in [0.25, 0.3) is 5.91 Å². The van der Waals surface area contributed by atoms with Gasteiger partial charge in [-0.1, -0.05) is 65.2 Å². The minimum Gasteiger partial charge on any atom is -0.319 e. The van der Waals surface area contributed by atoms with Crippen LogP contribution in [0.15, 0.2) is 66.7 Å². The number of hydrogen-bond acceptors (Lipinski definition) is 3. The summed E-state index contributed by atoms with van der Waals surface area (Å²) in [5.41, 5.74) is 5.71. The number of nitrogens with zero attached hydrogens (tertiary/aromatic N) is 3. The van der Waals surface area contributed by atoms with Crippen LogP contribution in [0.25, 0.3) is 17.1 Å². The molecule has 1 amide bonds. The van der Waals surface area contributed by atoms with E-state index in [4.69, 9.17) is 11.6 Å². The van der Waals surface area contributed by atoms with Gasteiger partial charge >= 0.3 is 0 Å². The van der Waals surface area contributed by atoms with Crippen LogP contribution in [0.3, 0.4) is 0 Å². The van der Waals surface area contributed by atoms with Crippen molar-refractivity contribution in [1.29, 1.82) is 0 Å². The number of benzene rings is 3. The molecule has 150 valence electrons. The summed E-state index contributed by atoms with van der Waals surface area (Å²) in [4.78, 5) is 17.4. The Morgan fingerprint density at radius 1 is 0.933 bits per heavy atom. The highest BCUT2D eigenvalue weighted by Gasteiger charge is 2.20. The summed E-state index contributed by atoms with van der Waals surface area (Å²) in [6.07, 6.45) is 0. The summed E-state index contributed by atoms with van der Waals surface area (Å²) >= 11 is 6.02. The number of carbonyl (C=O) groups excluding carboxylic acids is 1. The molecule has 0 radical (unpaired) electrons. The normalized spacial score (nSPS) is 10.8. The summed E-state index contributed by atoms with van der Waals surface area (Å²) in [6.45, 7) is 6.10. The molecule has 0 aliphatic heterocycles. The van der Waals surface area contributed by atoms with Gasteiger partial charge in [0.1, 0.15) is 0 Å². The number of nitrogens with one attached hydrogen (secondary N) is 1. The van der Waals surface area contributed by atoms with Gasteiger partial charge in [0.05, 0.1) is 5.69 Å². The third-order valence-electron chi connectivity index (χ3n) is 4.78. The molecule has 6 heteroatoms. The molecule has 1 aromatic heterocycles. The second kappa shape index (κ2) is 8.13. The molecule has 0 saturated carbocycles. The fraction of sp³-hybridized carbons (Fsp3) is 0.125. The van der Waals surface area contributed by atoms with Gasteiger partial charge in [0, 0.05) is 16.3 Å². The van der Waals surface area contributed by atoms with E-state index in [9.17, 15) is 4.79 Å². The monoisotopic (exact) mass is 416 g/mol. The highest BCUT2D eigenvalue weighted by molar-refractivity contribution is 6.30. The average Bonchev–Trinajstić information content (AvgIpc) is 3.14. The first-order valence-electron chi connectivity index (χ1n) is 9.59. The number of aromatic nitrogens is 3. The molecule has 4 rings (SSSR count). The summed E-state index contributed by atoms with van der Waals surface area (Å²) in [7, 11) is 0. The zero-order chi connectivity index (χ0) is 21.3. The lowest BCUT2D eigenvalue weighted by molar-refractivity contribution is 0.101. The number of rotatable bonds is 4. The second-order valence-electron chi connectivity index (χ2n) is 7.29. The van der Waals surface area contributed by atoms with E-state index >= 15 is 0 Å². The predicted molar refractivity (Wildman–Crippen MR) is 120 cm³/mol. The SMILES string of the molecule is Cc1ccc(-c2nc(C(=O)Nc3cccc(Cl)c3)nn2-c2ccc(C)cc2C)cc1. The quantitative estimate of drug-likeness (QED) is 0.459. The highest BCUT2D eigenvalue weighted by atomic mass is 35.5. The van der Waals surface area contributed by atoms with Crippen molar-refractivity contribution in [3.63, 3.8) is 0 Å². The maximum absolute atomic E-state index is 12.9. The van der Waals surface area contributed by atoms with Crippen molar-refractivity contribution in [2.24, 2.45) is 0 Å². The summed E-state index contributed by atoms with van der Waals surface area (Å²) < 4.78 is 1.73. The van der Waals surface area contributed by atoms with Gasteiger partial charge < -0.3 is 5.32 Å². The Morgan fingerprint density at radius 3 is 2.37 bits per heavy atom. The molecule has 0 unspecified atom stereocenters. The van der Waals surface area contributed by atoms with Gasteiger partial charge in [-0.2, -0.15) is 0 Å². The van der Waals surface area contributed by atoms with Crippen molar-refractivity contribution in [2.75, 3.05) is 5.32 Å². The maximum atomic E-state index is 12.9. The number of aryl methyl sites for hydroxylation is 3. The lowest BCUT2D eigenvalue weighted by atomic mass is 10.1. The van der Waals surface area contributed by atoms with Crippen LogP contribution in [0, 0.1) is 20.8 Å². The molecule has 4 aromatic rings. The Morgan fingerprint density at radius 2 is 1.67 bits per heavy atom. The number of hydrogen-bond donors (Lipinski definition) is 1. The molecule has 0 aliphatic rings. The highest BCUT2D eigenvalue weighted by Crippen LogP contribution is 2.25. The minimum atomic E-state index is -0.394. The van der Waals surface area contributed by atoms with Crippen LogP contribution in [-0.2, 0) is 0 Å². The average molecular weight is 417 g/mol. The van der Waals surface area contributed by atoms with Crippen LogP contribution in [0.2, 0.25) is 5.02 Å². The van der Waals surface area contributed by atoms with E-state index in [2.05, 4.69) is 21.5 Å². The first kappa shape index (κ1) is 19.9. The van der Waals surface area contributed by atoms with Gasteiger partial charge in [-0.05, 0) is 50.6 Å². The van der Waals surface area contributed by atoms with Crippen LogP contribution in [0.5, 0.6) is 0 Å². The fourth-order valence-corrected chi connectivity index (χ4v) is 3.45. The maximum Gasteiger partial charge on any atom is 0.295 e. The Hall–Kier alpha value is -3.44. The van der Waals surface area contributed by atoms with E-state index in [1.807, 2.05) is 57.2 Å². The first-order chi connectivity index (χ1) is 14.4. The molecule has 0 bridgehead atoms. The van der Waals surface area contributed by atoms with Gasteiger partial charge in [0.15, 0.2) is 5.82 Å². The molecule has 0 atom stereocenters. The predicted octanol–water partition coefficient (Wildman–Crippen LogP) is 5.77. The Labute approximate surface area is 180 Å². The van der Waals surface area contributed by atoms with E-state index in [0.717, 1.165) is 27.9 Å². The molecular weight excluding hydrogens is 396 g/mol. The van der Waals surface area contributed by atoms with Crippen LogP contribution < -0.4 is 5.32 Å². The van der Waals surface area contributed by atoms with Crippen molar-refractivity contribution < 1.29 is 4.79 Å². The largest absolute Gasteiger partial charge is 0.319 e. The van der Waals surface area contributed by atoms with Gasteiger partial charge in [-0.25, -0.2) is 9.67 Å². The molecular formula is C24H21ClN4O. The molecule has 5 nitrogen and oxygen atoms in total. The third kappa shape index (κ3) is 4.11. The molecule has 1 heterocycles. The molecule has 0 fully saturated rings. The molecule has 0 saturated heterocycles. The molecule has 0 spiro atoms. The van der Waals surface area contributed by atoms with Crippen LogP contribution >= 0.6 is 11.6 Å². The topological polar surface area (TPSA) is 59.8 Å². The van der Waals surface area contributed by atoms with E-state index in [1.54, 1.807) is 28.9 Å². The van der Waals surface area contributed by atoms with E-state index in [1.165, 1.54) is 0 Å². The fourth-order valence-electron chi connectivity index (χ4n) is 3.26. The zero-order valence-corrected chi connectivity index (χ0v) is 17.7. The van der Waals surface area contributed by atoms with Gasteiger partial charge in [0.2, 0.25) is 5.82 Å². The van der Waals surface area contributed by atoms with Crippen molar-refractivity contribution in [2.45, 2.75) is 20.8 Å². The van der Waals surface area contributed by atoms with Crippen LogP contribution in [-0.4, -0.2) is 20.7 Å². The van der Waals surface area contributed by atoms with Crippen LogP contribution in [0.4, 0.5) is 5.69 Å². The van der Waals surface area contributed by atoms with Crippen molar-refractivity contribution in [3.05, 3.63) is 94.3 Å². The van der Waals surface area contributed by atoms with E-state index in [-0.39, 0.29) is 5.82 Å². The van der Waals surface area contributed by atoms with Crippen LogP contribution in [0.1, 0.15) is 27.3 Å². The molecule has 1 N–H and O–H groups in total. The Balaban J connectivity index is 1.79. The van der Waals surface area contributed by atoms with Gasteiger partial charge in [-0.15, -0.1) is 5.10 Å². The molecule has 30 heavy (non-hydrogen) atoms. The summed E-state index contributed by atoms with van der Waals surface area (Å²) in [6, 6.07) is 21.1. The van der Waals surface area contributed by atoms with Crippen molar-refractivity contribution >= 4 is 23.2 Å².